The van der Waals surface area contributed by atoms with Crippen LogP contribution in [0, 0.1) is 17.8 Å². The van der Waals surface area contributed by atoms with Gasteiger partial charge in [0.1, 0.15) is 0 Å². The molecule has 2 nitrogen and oxygen atoms in total. The first-order valence-corrected chi connectivity index (χ1v) is 6.76. The van der Waals surface area contributed by atoms with Gasteiger partial charge in [-0.2, -0.15) is 0 Å². The number of halogens is 2. The molecule has 0 amide bonds. The van der Waals surface area contributed by atoms with E-state index in [9.17, 15) is 8.78 Å². The molecule has 2 fully saturated rings. The Morgan fingerprint density at radius 2 is 1.59 bits per heavy atom. The minimum absolute atomic E-state index is 0.149. The van der Waals surface area contributed by atoms with Crippen molar-refractivity contribution >= 4 is 0 Å². The average molecular weight is 248 g/mol. The van der Waals surface area contributed by atoms with E-state index in [-0.39, 0.29) is 19.1 Å². The monoisotopic (exact) mass is 248 g/mol. The predicted octanol–water partition coefficient (Wildman–Crippen LogP) is 3.81. The highest BCUT2D eigenvalue weighted by Gasteiger charge is 2.41. The van der Waals surface area contributed by atoms with Crippen molar-refractivity contribution in [2.45, 2.75) is 51.7 Å². The first-order chi connectivity index (χ1) is 8.11. The molecule has 0 aromatic carbocycles. The molecule has 1 aliphatic heterocycles. The Hall–Kier alpha value is -0.220. The first kappa shape index (κ1) is 13.2. The molecule has 4 heteroatoms. The summed E-state index contributed by atoms with van der Waals surface area (Å²) in [5.74, 6) is 1.53. The standard InChI is InChI=1S/C13H22F2O2/c1-2-3-10-4-6-11(7-5-10)12-8-16-13(14,15)17-9-12/h10-12H,2-9H2,1H3. The van der Waals surface area contributed by atoms with Crippen molar-refractivity contribution in [2.24, 2.45) is 17.8 Å². The second kappa shape index (κ2) is 5.61. The molecule has 100 valence electrons. The largest absolute Gasteiger partial charge is 0.485 e. The third-order valence-electron chi connectivity index (χ3n) is 4.19. The maximum absolute atomic E-state index is 12.7. The Morgan fingerprint density at radius 3 is 2.12 bits per heavy atom. The summed E-state index contributed by atoms with van der Waals surface area (Å²) in [4.78, 5) is 0. The smallest absolute Gasteiger partial charge is 0.295 e. The van der Waals surface area contributed by atoms with Crippen molar-refractivity contribution in [2.75, 3.05) is 13.2 Å². The van der Waals surface area contributed by atoms with Gasteiger partial charge in [-0.25, -0.2) is 0 Å². The second-order valence-electron chi connectivity index (χ2n) is 5.41. The Labute approximate surface area is 102 Å². The second-order valence-corrected chi connectivity index (χ2v) is 5.41. The number of hydrogen-bond acceptors (Lipinski definition) is 2. The topological polar surface area (TPSA) is 18.5 Å². The molecule has 0 unspecified atom stereocenters. The van der Waals surface area contributed by atoms with Gasteiger partial charge in [0.05, 0.1) is 13.2 Å². The van der Waals surface area contributed by atoms with E-state index in [4.69, 9.17) is 0 Å². The maximum Gasteiger partial charge on any atom is 0.485 e. The summed E-state index contributed by atoms with van der Waals surface area (Å²) in [6.07, 6.45) is 3.98. The molecular formula is C13H22F2O2. The van der Waals surface area contributed by atoms with E-state index in [1.165, 1.54) is 25.7 Å². The minimum atomic E-state index is -3.35. The molecule has 0 radical (unpaired) electrons. The maximum atomic E-state index is 12.7. The molecule has 0 N–H and O–H groups in total. The van der Waals surface area contributed by atoms with Gasteiger partial charge in [-0.3, -0.25) is 9.47 Å². The van der Waals surface area contributed by atoms with E-state index in [1.807, 2.05) is 0 Å². The summed E-state index contributed by atoms with van der Waals surface area (Å²) in [5.41, 5.74) is 0. The third kappa shape index (κ3) is 3.62. The Kier molecular flexibility index (Phi) is 4.36. The van der Waals surface area contributed by atoms with Gasteiger partial charge in [-0.05, 0) is 24.7 Å². The van der Waals surface area contributed by atoms with Gasteiger partial charge in [0.15, 0.2) is 0 Å². The Bertz CT molecular complexity index is 228. The zero-order valence-corrected chi connectivity index (χ0v) is 10.5. The van der Waals surface area contributed by atoms with Gasteiger partial charge < -0.3 is 0 Å². The zero-order valence-electron chi connectivity index (χ0n) is 10.5. The van der Waals surface area contributed by atoms with E-state index in [1.54, 1.807) is 0 Å². The lowest BCUT2D eigenvalue weighted by Crippen LogP contribution is -2.40. The summed E-state index contributed by atoms with van der Waals surface area (Å²) in [7, 11) is 0. The van der Waals surface area contributed by atoms with Crippen LogP contribution in [0.2, 0.25) is 0 Å². The van der Waals surface area contributed by atoms with E-state index in [0.717, 1.165) is 18.8 Å². The summed E-state index contributed by atoms with van der Waals surface area (Å²) in [5, 5.41) is 0. The molecule has 1 saturated heterocycles. The Balaban J connectivity index is 1.74. The van der Waals surface area contributed by atoms with Crippen LogP contribution < -0.4 is 0 Å². The van der Waals surface area contributed by atoms with Gasteiger partial charge in [0.2, 0.25) is 0 Å². The fraction of sp³-hybridized carbons (Fsp3) is 1.00. The first-order valence-electron chi connectivity index (χ1n) is 6.76. The van der Waals surface area contributed by atoms with Crippen molar-refractivity contribution in [1.29, 1.82) is 0 Å². The Morgan fingerprint density at radius 1 is 1.00 bits per heavy atom. The fourth-order valence-electron chi connectivity index (χ4n) is 3.13. The van der Waals surface area contributed by atoms with Gasteiger partial charge in [0, 0.05) is 5.92 Å². The molecule has 0 atom stereocenters. The summed E-state index contributed by atoms with van der Waals surface area (Å²) in [6, 6.07) is 0. The highest BCUT2D eigenvalue weighted by atomic mass is 19.3. The molecule has 0 aromatic heterocycles. The van der Waals surface area contributed by atoms with Crippen LogP contribution in [0.4, 0.5) is 8.78 Å². The van der Waals surface area contributed by atoms with Crippen molar-refractivity contribution in [3.05, 3.63) is 0 Å². The van der Waals surface area contributed by atoms with E-state index in [2.05, 4.69) is 16.4 Å². The van der Waals surface area contributed by atoms with Crippen LogP contribution in [-0.2, 0) is 9.47 Å². The lowest BCUT2D eigenvalue weighted by Gasteiger charge is -2.37. The molecule has 1 saturated carbocycles. The summed E-state index contributed by atoms with van der Waals surface area (Å²) >= 11 is 0. The molecule has 17 heavy (non-hydrogen) atoms. The highest BCUT2D eigenvalue weighted by Crippen LogP contribution is 2.38. The van der Waals surface area contributed by atoms with Crippen LogP contribution in [0.5, 0.6) is 0 Å². The molecule has 1 heterocycles. The van der Waals surface area contributed by atoms with Crippen LogP contribution >= 0.6 is 0 Å². The normalized spacial score (nSPS) is 34.8. The third-order valence-corrected chi connectivity index (χ3v) is 4.19. The van der Waals surface area contributed by atoms with Gasteiger partial charge in [0.25, 0.3) is 0 Å². The lowest BCUT2D eigenvalue weighted by molar-refractivity contribution is -0.423. The van der Waals surface area contributed by atoms with Gasteiger partial charge >= 0.3 is 6.29 Å². The van der Waals surface area contributed by atoms with Crippen molar-refractivity contribution in [3.8, 4) is 0 Å². The zero-order chi connectivity index (χ0) is 12.3. The SMILES string of the molecule is CCCC1CCC(C2COC(F)(F)OC2)CC1. The van der Waals surface area contributed by atoms with E-state index < -0.39 is 6.29 Å². The highest BCUT2D eigenvalue weighted by molar-refractivity contribution is 4.79. The number of ether oxygens (including phenoxy) is 2. The predicted molar refractivity (Wildman–Crippen MR) is 60.7 cm³/mol. The van der Waals surface area contributed by atoms with Crippen LogP contribution in [0.15, 0.2) is 0 Å². The molecule has 0 bridgehead atoms. The van der Waals surface area contributed by atoms with Crippen molar-refractivity contribution in [3.63, 3.8) is 0 Å². The van der Waals surface area contributed by atoms with Crippen LogP contribution in [0.1, 0.15) is 45.4 Å². The number of alkyl halides is 2. The van der Waals surface area contributed by atoms with Crippen LogP contribution in [0.3, 0.4) is 0 Å². The van der Waals surface area contributed by atoms with E-state index in [0.29, 0.717) is 5.92 Å². The van der Waals surface area contributed by atoms with Crippen LogP contribution in [0.25, 0.3) is 0 Å². The fourth-order valence-corrected chi connectivity index (χ4v) is 3.13. The average Bonchev–Trinajstić information content (AvgIpc) is 2.31. The van der Waals surface area contributed by atoms with Crippen molar-refractivity contribution in [1.82, 2.24) is 0 Å². The number of rotatable bonds is 3. The van der Waals surface area contributed by atoms with Gasteiger partial charge in [-0.1, -0.05) is 32.6 Å². The molecule has 0 aromatic rings. The molecule has 0 spiro atoms. The molecule has 2 rings (SSSR count). The quantitative estimate of drug-likeness (QED) is 0.756. The summed E-state index contributed by atoms with van der Waals surface area (Å²) < 4.78 is 34.2. The van der Waals surface area contributed by atoms with Crippen molar-refractivity contribution < 1.29 is 18.3 Å². The number of hydrogen-bond donors (Lipinski definition) is 0. The molecule has 1 aliphatic carbocycles. The lowest BCUT2D eigenvalue weighted by atomic mass is 9.75. The minimum Gasteiger partial charge on any atom is -0.295 e. The molecule has 2 aliphatic rings. The molecular weight excluding hydrogens is 226 g/mol. The van der Waals surface area contributed by atoms with Crippen LogP contribution in [-0.4, -0.2) is 19.5 Å². The van der Waals surface area contributed by atoms with E-state index >= 15 is 0 Å². The van der Waals surface area contributed by atoms with Gasteiger partial charge in [-0.15, -0.1) is 8.78 Å². The summed E-state index contributed by atoms with van der Waals surface area (Å²) in [6.45, 7) is 2.52.